The largest absolute Gasteiger partial charge is 0.447 e. The predicted octanol–water partition coefficient (Wildman–Crippen LogP) is 4.77. The van der Waals surface area contributed by atoms with Crippen LogP contribution in [0, 0.1) is 5.92 Å². The topological polar surface area (TPSA) is 41.6 Å². The number of benzene rings is 1. The van der Waals surface area contributed by atoms with Gasteiger partial charge in [0.25, 0.3) is 5.91 Å². The summed E-state index contributed by atoms with van der Waals surface area (Å²) in [5.41, 5.74) is -0.215. The van der Waals surface area contributed by atoms with E-state index >= 15 is 0 Å². The summed E-state index contributed by atoms with van der Waals surface area (Å²) in [5.74, 6) is 0.782. The molecule has 0 aliphatic carbocycles. The van der Waals surface area contributed by atoms with Gasteiger partial charge in [-0.15, -0.1) is 11.3 Å². The highest BCUT2D eigenvalue weighted by molar-refractivity contribution is 7.12. The summed E-state index contributed by atoms with van der Waals surface area (Å²) < 4.78 is 43.5. The molecule has 3 saturated heterocycles. The third-order valence-corrected chi connectivity index (χ3v) is 6.52. The number of alkyl halides is 3. The quantitative estimate of drug-likeness (QED) is 0.789. The molecule has 0 spiro atoms. The van der Waals surface area contributed by atoms with Crippen molar-refractivity contribution in [1.82, 2.24) is 10.2 Å². The fraction of sp³-hybridized carbons (Fsp3) is 0.450. The van der Waals surface area contributed by atoms with Crippen molar-refractivity contribution in [3.8, 4) is 10.8 Å². The number of thiophene rings is 1. The predicted molar refractivity (Wildman–Crippen MR) is 101 cm³/mol. The lowest BCUT2D eigenvalue weighted by molar-refractivity contribution is -0.137. The number of hydrogen-bond acceptors (Lipinski definition) is 4. The molecular weight excluding hydrogens is 389 g/mol. The van der Waals surface area contributed by atoms with Crippen molar-refractivity contribution in [2.75, 3.05) is 13.1 Å². The van der Waals surface area contributed by atoms with Gasteiger partial charge in [-0.3, -0.25) is 9.69 Å². The van der Waals surface area contributed by atoms with Crippen LogP contribution in [0.5, 0.6) is 10.8 Å². The summed E-state index contributed by atoms with van der Waals surface area (Å²) >= 11 is 0.886. The maximum absolute atomic E-state index is 12.7. The molecule has 3 fully saturated rings. The number of piperidine rings is 3. The minimum atomic E-state index is -4.38. The van der Waals surface area contributed by atoms with Crippen molar-refractivity contribution >= 4 is 17.2 Å². The van der Waals surface area contributed by atoms with Gasteiger partial charge in [0, 0.05) is 29.1 Å². The molecule has 3 aliphatic heterocycles. The number of amides is 1. The van der Waals surface area contributed by atoms with E-state index in [2.05, 4.69) is 17.1 Å². The van der Waals surface area contributed by atoms with Crippen molar-refractivity contribution in [2.24, 2.45) is 5.92 Å². The van der Waals surface area contributed by atoms with Crippen molar-refractivity contribution in [3.05, 3.63) is 46.8 Å². The summed E-state index contributed by atoms with van der Waals surface area (Å²) in [5, 5.41) is 4.34. The van der Waals surface area contributed by atoms with Crippen molar-refractivity contribution < 1.29 is 22.7 Å². The number of carbonyl (C=O) groups is 1. The Kier molecular flexibility index (Phi) is 5.09. The first kappa shape index (κ1) is 19.3. The smallest absolute Gasteiger partial charge is 0.417 e. The van der Waals surface area contributed by atoms with Crippen molar-refractivity contribution in [3.63, 3.8) is 0 Å². The molecule has 150 valence electrons. The number of halogens is 3. The third-order valence-electron chi connectivity index (χ3n) is 5.71. The number of ether oxygens (including phenoxy) is 1. The van der Waals surface area contributed by atoms with Crippen LogP contribution in [0.15, 0.2) is 35.7 Å². The monoisotopic (exact) mass is 410 g/mol. The van der Waals surface area contributed by atoms with Gasteiger partial charge in [-0.2, -0.15) is 13.2 Å². The fourth-order valence-corrected chi connectivity index (χ4v) is 4.87. The normalized spacial score (nSPS) is 26.9. The molecule has 4 heterocycles. The Hall–Kier alpha value is -2.06. The molecule has 5 rings (SSSR count). The molecule has 3 aliphatic rings. The fourth-order valence-electron chi connectivity index (χ4n) is 4.09. The van der Waals surface area contributed by atoms with Crippen LogP contribution in [0.2, 0.25) is 0 Å². The van der Waals surface area contributed by atoms with E-state index in [1.165, 1.54) is 0 Å². The van der Waals surface area contributed by atoms with Gasteiger partial charge in [-0.05, 0) is 63.0 Å². The van der Waals surface area contributed by atoms with Crippen LogP contribution in [-0.2, 0) is 6.18 Å². The maximum Gasteiger partial charge on any atom is 0.417 e. The average Bonchev–Trinajstić information content (AvgIpc) is 3.14. The summed E-state index contributed by atoms with van der Waals surface area (Å²) in [6.07, 6.45) is -2.15. The van der Waals surface area contributed by atoms with Crippen molar-refractivity contribution in [2.45, 2.75) is 38.0 Å². The Balaban J connectivity index is 1.39. The van der Waals surface area contributed by atoms with Gasteiger partial charge in [0.15, 0.2) is 5.06 Å². The summed E-state index contributed by atoms with van der Waals surface area (Å²) in [6.45, 7) is 4.36. The molecule has 8 heteroatoms. The highest BCUT2D eigenvalue weighted by Crippen LogP contribution is 2.37. The van der Waals surface area contributed by atoms with Crippen LogP contribution in [0.1, 0.15) is 35.7 Å². The molecule has 1 aromatic carbocycles. The number of rotatable bonds is 4. The van der Waals surface area contributed by atoms with Gasteiger partial charge < -0.3 is 10.1 Å². The Morgan fingerprint density at radius 1 is 1.21 bits per heavy atom. The third kappa shape index (κ3) is 3.89. The Bertz CT molecular complexity index is 840. The molecule has 2 bridgehead atoms. The standard InChI is InChI=1S/C20H21F3N2O2S/c1-12-18(13-6-8-25(12)9-7-13)24-19(26)14-2-4-16(5-3-14)27-17-10-15(11-28-17)20(21,22)23/h2-5,10-13,18H,6-9H2,1H3,(H,24,26). The van der Waals surface area contributed by atoms with E-state index in [1.807, 2.05) is 0 Å². The molecule has 0 radical (unpaired) electrons. The Morgan fingerprint density at radius 3 is 2.46 bits per heavy atom. The zero-order valence-corrected chi connectivity index (χ0v) is 16.1. The number of nitrogens with one attached hydrogen (secondary N) is 1. The summed E-state index contributed by atoms with van der Waals surface area (Å²) in [6, 6.07) is 7.92. The number of hydrogen-bond donors (Lipinski definition) is 1. The first-order chi connectivity index (χ1) is 13.3. The van der Waals surface area contributed by atoms with E-state index in [0.29, 0.717) is 23.3 Å². The van der Waals surface area contributed by atoms with Crippen molar-refractivity contribution in [1.29, 1.82) is 0 Å². The molecule has 28 heavy (non-hydrogen) atoms. The van der Waals surface area contributed by atoms with Crippen LogP contribution < -0.4 is 10.1 Å². The highest BCUT2D eigenvalue weighted by Gasteiger charge is 2.40. The summed E-state index contributed by atoms with van der Waals surface area (Å²) in [7, 11) is 0. The minimum Gasteiger partial charge on any atom is -0.447 e. The SMILES string of the molecule is CC1C(NC(=O)c2ccc(Oc3cc(C(F)(F)F)cs3)cc2)C2CCN1CC2. The second-order valence-electron chi connectivity index (χ2n) is 7.39. The van der Waals surface area contributed by atoms with Gasteiger partial charge in [-0.25, -0.2) is 0 Å². The van der Waals surface area contributed by atoms with Crippen LogP contribution in [-0.4, -0.2) is 36.0 Å². The Labute approximate surface area is 165 Å². The minimum absolute atomic E-state index is 0.132. The second kappa shape index (κ2) is 7.40. The molecule has 2 atom stereocenters. The summed E-state index contributed by atoms with van der Waals surface area (Å²) in [4.78, 5) is 15.0. The molecule has 2 unspecified atom stereocenters. The van der Waals surface area contributed by atoms with Gasteiger partial charge in [0.05, 0.1) is 5.56 Å². The van der Waals surface area contributed by atoms with Crippen LogP contribution in [0.25, 0.3) is 0 Å². The number of carbonyl (C=O) groups excluding carboxylic acids is 1. The lowest BCUT2D eigenvalue weighted by atomic mass is 9.79. The van der Waals surface area contributed by atoms with E-state index < -0.39 is 11.7 Å². The molecule has 2 aromatic rings. The zero-order valence-electron chi connectivity index (χ0n) is 15.3. The van der Waals surface area contributed by atoms with E-state index in [1.54, 1.807) is 24.3 Å². The zero-order chi connectivity index (χ0) is 19.9. The number of nitrogens with zero attached hydrogens (tertiary/aromatic N) is 1. The lowest BCUT2D eigenvalue weighted by Crippen LogP contribution is -2.62. The first-order valence-corrected chi connectivity index (χ1v) is 10.2. The van der Waals surface area contributed by atoms with Gasteiger partial charge in [-0.1, -0.05) is 0 Å². The van der Waals surface area contributed by atoms with E-state index in [9.17, 15) is 18.0 Å². The first-order valence-electron chi connectivity index (χ1n) is 9.30. The van der Waals surface area contributed by atoms with Gasteiger partial charge in [0.1, 0.15) is 5.75 Å². The van der Waals surface area contributed by atoms with E-state index in [4.69, 9.17) is 4.74 Å². The molecular formula is C20H21F3N2O2S. The van der Waals surface area contributed by atoms with E-state index in [0.717, 1.165) is 48.7 Å². The lowest BCUT2D eigenvalue weighted by Gasteiger charge is -2.49. The van der Waals surface area contributed by atoms with Crippen LogP contribution >= 0.6 is 11.3 Å². The van der Waals surface area contributed by atoms with Gasteiger partial charge >= 0.3 is 6.18 Å². The van der Waals surface area contributed by atoms with Crippen LogP contribution in [0.3, 0.4) is 0 Å². The highest BCUT2D eigenvalue weighted by atomic mass is 32.1. The van der Waals surface area contributed by atoms with E-state index in [-0.39, 0.29) is 17.0 Å². The molecule has 4 nitrogen and oxygen atoms in total. The molecule has 1 N–H and O–H groups in total. The Morgan fingerprint density at radius 2 is 1.89 bits per heavy atom. The average molecular weight is 410 g/mol. The second-order valence-corrected chi connectivity index (χ2v) is 8.27. The molecule has 1 amide bonds. The van der Waals surface area contributed by atoms with Gasteiger partial charge in [0.2, 0.25) is 0 Å². The number of fused-ring (bicyclic) bond motifs is 3. The molecule has 1 aromatic heterocycles. The molecule has 0 saturated carbocycles. The van der Waals surface area contributed by atoms with Crippen LogP contribution in [0.4, 0.5) is 13.2 Å². The maximum atomic E-state index is 12.7.